The molecule has 1 aromatic carbocycles. The van der Waals surface area contributed by atoms with Crippen LogP contribution in [-0.2, 0) is 14.4 Å². The highest BCUT2D eigenvalue weighted by atomic mass is 16.5. The van der Waals surface area contributed by atoms with Gasteiger partial charge in [-0.15, -0.1) is 0 Å². The van der Waals surface area contributed by atoms with Crippen LogP contribution in [0.5, 0.6) is 11.5 Å². The van der Waals surface area contributed by atoms with Crippen molar-refractivity contribution in [1.82, 2.24) is 9.80 Å². The molecule has 9 nitrogen and oxygen atoms in total. The Morgan fingerprint density at radius 1 is 1.36 bits per heavy atom. The van der Waals surface area contributed by atoms with Crippen LogP contribution >= 0.6 is 0 Å². The quantitative estimate of drug-likeness (QED) is 0.730. The second-order valence-corrected chi connectivity index (χ2v) is 6.53. The van der Waals surface area contributed by atoms with Crippen molar-refractivity contribution < 1.29 is 29.0 Å². The number of carboxylic acid groups (broad SMARTS) is 1. The summed E-state index contributed by atoms with van der Waals surface area (Å²) in [4.78, 5) is 38.5. The smallest absolute Gasteiger partial charge is 0.308 e. The van der Waals surface area contributed by atoms with Crippen molar-refractivity contribution in [1.29, 1.82) is 5.26 Å². The number of amides is 2. The number of nitriles is 1. The molecule has 2 rings (SSSR count). The monoisotopic (exact) mass is 389 g/mol. The van der Waals surface area contributed by atoms with Gasteiger partial charge in [0.2, 0.25) is 5.91 Å². The number of benzene rings is 1. The molecular weight excluding hydrogens is 366 g/mol. The molecule has 1 unspecified atom stereocenters. The third-order valence-corrected chi connectivity index (χ3v) is 4.57. The molecule has 1 atom stereocenters. The Morgan fingerprint density at radius 3 is 2.75 bits per heavy atom. The molecule has 28 heavy (non-hydrogen) atoms. The van der Waals surface area contributed by atoms with E-state index in [1.165, 1.54) is 36.1 Å². The lowest BCUT2D eigenvalue weighted by Gasteiger charge is -2.32. The van der Waals surface area contributed by atoms with Gasteiger partial charge >= 0.3 is 5.97 Å². The summed E-state index contributed by atoms with van der Waals surface area (Å²) < 4.78 is 10.6. The molecule has 0 spiro atoms. The predicted octanol–water partition coefficient (Wildman–Crippen LogP) is 0.727. The van der Waals surface area contributed by atoms with Crippen LogP contribution in [0.2, 0.25) is 0 Å². The first kappa shape index (κ1) is 21.0. The maximum absolute atomic E-state index is 12.4. The van der Waals surface area contributed by atoms with Gasteiger partial charge in [0.25, 0.3) is 5.91 Å². The highest BCUT2D eigenvalue weighted by molar-refractivity contribution is 5.85. The number of carboxylic acids is 1. The van der Waals surface area contributed by atoms with Gasteiger partial charge in [-0.25, -0.2) is 0 Å². The minimum atomic E-state index is -0.910. The van der Waals surface area contributed by atoms with E-state index in [0.29, 0.717) is 36.4 Å². The first-order valence-electron chi connectivity index (χ1n) is 8.81. The van der Waals surface area contributed by atoms with E-state index in [0.717, 1.165) is 0 Å². The van der Waals surface area contributed by atoms with Gasteiger partial charge in [0.1, 0.15) is 0 Å². The fourth-order valence-electron chi connectivity index (χ4n) is 2.90. The van der Waals surface area contributed by atoms with Crippen LogP contribution in [-0.4, -0.2) is 73.1 Å². The van der Waals surface area contributed by atoms with E-state index in [-0.39, 0.29) is 25.6 Å². The van der Waals surface area contributed by atoms with Crippen LogP contribution in [0, 0.1) is 17.2 Å². The number of piperidine rings is 1. The van der Waals surface area contributed by atoms with Gasteiger partial charge < -0.3 is 24.4 Å². The third-order valence-electron chi connectivity index (χ3n) is 4.57. The van der Waals surface area contributed by atoms with Gasteiger partial charge in [0.05, 0.1) is 31.2 Å². The van der Waals surface area contributed by atoms with Crippen LogP contribution < -0.4 is 9.47 Å². The first-order chi connectivity index (χ1) is 13.3. The van der Waals surface area contributed by atoms with Crippen molar-refractivity contribution in [2.24, 2.45) is 5.92 Å². The van der Waals surface area contributed by atoms with Crippen LogP contribution in [0.1, 0.15) is 18.4 Å². The number of nitrogens with zero attached hydrogens (tertiary/aromatic N) is 3. The van der Waals surface area contributed by atoms with E-state index >= 15 is 0 Å². The number of ether oxygens (including phenoxy) is 2. The summed E-state index contributed by atoms with van der Waals surface area (Å²) in [7, 11) is 2.91. The Labute approximate surface area is 163 Å². The SMILES string of the molecule is COc1cc(C#N)ccc1OCC(=O)N(C)CC(=O)N1CCCC(C(=O)O)C1. The van der Waals surface area contributed by atoms with Crippen LogP contribution in [0.15, 0.2) is 18.2 Å². The molecule has 9 heteroatoms. The number of hydrogen-bond acceptors (Lipinski definition) is 6. The number of rotatable bonds is 7. The van der Waals surface area contributed by atoms with E-state index in [1.807, 2.05) is 6.07 Å². The second kappa shape index (κ2) is 9.60. The summed E-state index contributed by atoms with van der Waals surface area (Å²) in [6, 6.07) is 6.57. The lowest BCUT2D eigenvalue weighted by atomic mass is 9.98. The number of carbonyl (C=O) groups excluding carboxylic acids is 2. The zero-order valence-electron chi connectivity index (χ0n) is 15.9. The number of methoxy groups -OCH3 is 1. The van der Waals surface area contributed by atoms with Crippen molar-refractivity contribution >= 4 is 17.8 Å². The van der Waals surface area contributed by atoms with E-state index in [1.54, 1.807) is 6.07 Å². The Bertz CT molecular complexity index is 788. The fraction of sp³-hybridized carbons (Fsp3) is 0.474. The van der Waals surface area contributed by atoms with E-state index in [9.17, 15) is 14.4 Å². The normalized spacial score (nSPS) is 16.0. The van der Waals surface area contributed by atoms with Gasteiger partial charge in [0, 0.05) is 26.2 Å². The molecule has 0 saturated carbocycles. The summed E-state index contributed by atoms with van der Waals surface area (Å²) in [5.41, 5.74) is 0.402. The average molecular weight is 389 g/mol. The van der Waals surface area contributed by atoms with E-state index < -0.39 is 17.8 Å². The maximum atomic E-state index is 12.4. The zero-order valence-corrected chi connectivity index (χ0v) is 15.9. The number of likely N-dealkylation sites (tertiary alicyclic amines) is 1. The molecule has 0 aromatic heterocycles. The van der Waals surface area contributed by atoms with Crippen LogP contribution in [0.3, 0.4) is 0 Å². The molecule has 150 valence electrons. The van der Waals surface area contributed by atoms with Crippen molar-refractivity contribution in [3.05, 3.63) is 23.8 Å². The van der Waals surface area contributed by atoms with Crippen molar-refractivity contribution in [3.63, 3.8) is 0 Å². The number of aliphatic carboxylic acids is 1. The number of hydrogen-bond donors (Lipinski definition) is 1. The molecule has 0 aliphatic carbocycles. The molecule has 1 fully saturated rings. The van der Waals surface area contributed by atoms with Gasteiger partial charge in [-0.3, -0.25) is 14.4 Å². The largest absolute Gasteiger partial charge is 0.493 e. The Morgan fingerprint density at radius 2 is 2.11 bits per heavy atom. The second-order valence-electron chi connectivity index (χ2n) is 6.53. The van der Waals surface area contributed by atoms with Gasteiger partial charge in [-0.05, 0) is 25.0 Å². The molecule has 1 N–H and O–H groups in total. The summed E-state index contributed by atoms with van der Waals surface area (Å²) in [5, 5.41) is 18.0. The first-order valence-corrected chi connectivity index (χ1v) is 8.81. The minimum Gasteiger partial charge on any atom is -0.493 e. The summed E-state index contributed by atoms with van der Waals surface area (Å²) in [5.74, 6) is -1.53. The molecule has 1 aromatic rings. The predicted molar refractivity (Wildman–Crippen MR) is 97.8 cm³/mol. The molecule has 1 aliphatic heterocycles. The lowest BCUT2D eigenvalue weighted by molar-refractivity contribution is -0.147. The molecule has 2 amide bonds. The van der Waals surface area contributed by atoms with Crippen LogP contribution in [0.4, 0.5) is 0 Å². The lowest BCUT2D eigenvalue weighted by Crippen LogP contribution is -2.47. The van der Waals surface area contributed by atoms with Gasteiger partial charge in [-0.2, -0.15) is 5.26 Å². The molecule has 1 heterocycles. The molecule has 0 radical (unpaired) electrons. The third kappa shape index (κ3) is 5.36. The summed E-state index contributed by atoms with van der Waals surface area (Å²) in [6.45, 7) is 0.196. The van der Waals surface area contributed by atoms with E-state index in [2.05, 4.69) is 0 Å². The molecule has 1 aliphatic rings. The molecule has 1 saturated heterocycles. The minimum absolute atomic E-state index is 0.154. The highest BCUT2D eigenvalue weighted by Gasteiger charge is 2.29. The molecular formula is C19H23N3O6. The highest BCUT2D eigenvalue weighted by Crippen LogP contribution is 2.27. The van der Waals surface area contributed by atoms with Crippen LogP contribution in [0.25, 0.3) is 0 Å². The topological polar surface area (TPSA) is 120 Å². The van der Waals surface area contributed by atoms with Crippen molar-refractivity contribution in [2.75, 3.05) is 40.4 Å². The zero-order chi connectivity index (χ0) is 20.7. The fourth-order valence-corrected chi connectivity index (χ4v) is 2.90. The standard InChI is InChI=1S/C19H23N3O6/c1-21(11-17(23)22-7-3-4-14(10-22)19(25)26)18(24)12-28-15-6-5-13(9-20)8-16(15)27-2/h5-6,8,14H,3-4,7,10-12H2,1-2H3,(H,25,26). The Balaban J connectivity index is 1.88. The Kier molecular flexibility index (Phi) is 7.21. The maximum Gasteiger partial charge on any atom is 0.308 e. The van der Waals surface area contributed by atoms with Crippen molar-refractivity contribution in [2.45, 2.75) is 12.8 Å². The number of likely N-dealkylation sites (N-methyl/N-ethyl adjacent to an activating group) is 1. The Hall–Kier alpha value is -3.28. The summed E-state index contributed by atoms with van der Waals surface area (Å²) in [6.07, 6.45) is 1.18. The summed E-state index contributed by atoms with van der Waals surface area (Å²) >= 11 is 0. The number of carbonyl (C=O) groups is 3. The average Bonchev–Trinajstić information content (AvgIpc) is 2.71. The van der Waals surface area contributed by atoms with Crippen molar-refractivity contribution in [3.8, 4) is 17.6 Å². The van der Waals surface area contributed by atoms with Gasteiger partial charge in [0.15, 0.2) is 18.1 Å². The molecule has 0 bridgehead atoms. The van der Waals surface area contributed by atoms with E-state index in [4.69, 9.17) is 19.8 Å². The van der Waals surface area contributed by atoms with Gasteiger partial charge in [-0.1, -0.05) is 0 Å².